The van der Waals surface area contributed by atoms with Crippen LogP contribution < -0.4 is 30.1 Å². The molecule has 3 nitrogen and oxygen atoms in total. The van der Waals surface area contributed by atoms with Crippen LogP contribution in [0.3, 0.4) is 0 Å². The van der Waals surface area contributed by atoms with Crippen LogP contribution in [-0.2, 0) is 0 Å². The van der Waals surface area contributed by atoms with Gasteiger partial charge in [-0.05, 0) is 106 Å². The first-order chi connectivity index (χ1) is 29.8. The van der Waals surface area contributed by atoms with Crippen LogP contribution in [0.4, 0.5) is 34.1 Å². The summed E-state index contributed by atoms with van der Waals surface area (Å²) in [5.41, 5.74) is 13.7. The monoisotopic (exact) mass is 856 g/mol. The van der Waals surface area contributed by atoms with Gasteiger partial charge in [-0.15, -0.1) is 0 Å². The second-order valence-corrected chi connectivity index (χ2v) is 32.1. The second kappa shape index (κ2) is 16.6. The molecule has 0 spiro atoms. The Morgan fingerprint density at radius 3 is 1.26 bits per heavy atom. The fourth-order valence-electron chi connectivity index (χ4n) is 8.40. The zero-order valence-corrected chi connectivity index (χ0v) is 40.4. The largest absolute Gasteiger partial charge is 0.453 e. The van der Waals surface area contributed by atoms with Gasteiger partial charge in [0.25, 0.3) is 0 Å². The summed E-state index contributed by atoms with van der Waals surface area (Å²) in [6.07, 6.45) is 0. The summed E-state index contributed by atoms with van der Waals surface area (Å²) < 4.78 is 6.63. The first kappa shape index (κ1) is 41.2. The SMILES string of the molecule is C[SiH](C)c1ccc(-c2ccc(N(c3ccc(-c4ccc([Si](C)(C)C)cc4)cc3)c3ccc(-c4ccc5c(c4)Oc4ccccc4N5c4ccc([Si](C)(C)C)cc4)cc3)cc2)cc1. The minimum absolute atomic E-state index is 0.843. The third kappa shape index (κ3) is 8.38. The highest BCUT2D eigenvalue weighted by Crippen LogP contribution is 2.51. The second-order valence-electron chi connectivity index (χ2n) is 19.0. The molecule has 308 valence electrons. The van der Waals surface area contributed by atoms with Crippen molar-refractivity contribution in [1.29, 1.82) is 0 Å². The molecule has 0 fully saturated rings. The maximum atomic E-state index is 6.63. The molecular formula is C56H56N2OSi3. The van der Waals surface area contributed by atoms with Crippen LogP contribution in [0.2, 0.25) is 52.4 Å². The molecule has 0 aromatic heterocycles. The molecule has 0 bridgehead atoms. The number of benzene rings is 8. The summed E-state index contributed by atoms with van der Waals surface area (Å²) in [5.74, 6) is 1.70. The van der Waals surface area contributed by atoms with Gasteiger partial charge in [0.15, 0.2) is 11.5 Å². The van der Waals surface area contributed by atoms with Crippen molar-refractivity contribution in [3.63, 3.8) is 0 Å². The van der Waals surface area contributed by atoms with Crippen molar-refractivity contribution in [2.75, 3.05) is 9.80 Å². The predicted molar refractivity (Wildman–Crippen MR) is 277 cm³/mol. The van der Waals surface area contributed by atoms with Gasteiger partial charge in [0.05, 0.1) is 36.3 Å². The lowest BCUT2D eigenvalue weighted by molar-refractivity contribution is 0.477. The Balaban J connectivity index is 1.04. The van der Waals surface area contributed by atoms with E-state index < -0.39 is 24.9 Å². The predicted octanol–water partition coefficient (Wildman–Crippen LogP) is 14.5. The summed E-state index contributed by atoms with van der Waals surface area (Å²) in [7, 11) is -3.64. The first-order valence-corrected chi connectivity index (χ1v) is 31.8. The van der Waals surface area contributed by atoms with Gasteiger partial charge in [0, 0.05) is 22.7 Å². The Bertz CT molecular complexity index is 2820. The number of hydrogen-bond acceptors (Lipinski definition) is 3. The van der Waals surface area contributed by atoms with Gasteiger partial charge in [-0.3, -0.25) is 0 Å². The number of anilines is 6. The van der Waals surface area contributed by atoms with Gasteiger partial charge in [-0.2, -0.15) is 0 Å². The molecule has 0 N–H and O–H groups in total. The third-order valence-corrected chi connectivity index (χ3v) is 18.1. The van der Waals surface area contributed by atoms with Crippen LogP contribution in [0.5, 0.6) is 11.5 Å². The van der Waals surface area contributed by atoms with Crippen molar-refractivity contribution < 1.29 is 4.74 Å². The molecule has 0 amide bonds. The Labute approximate surface area is 372 Å². The summed E-state index contributed by atoms with van der Waals surface area (Å²) >= 11 is 0. The Morgan fingerprint density at radius 1 is 0.403 bits per heavy atom. The highest BCUT2D eigenvalue weighted by Gasteiger charge is 2.27. The summed E-state index contributed by atoms with van der Waals surface area (Å²) in [6, 6.07) is 69.4. The van der Waals surface area contributed by atoms with E-state index in [1.54, 1.807) is 0 Å². The van der Waals surface area contributed by atoms with Crippen LogP contribution in [0.25, 0.3) is 33.4 Å². The summed E-state index contributed by atoms with van der Waals surface area (Å²) in [6.45, 7) is 19.1. The zero-order valence-electron chi connectivity index (χ0n) is 37.3. The van der Waals surface area contributed by atoms with Gasteiger partial charge in [0.1, 0.15) is 0 Å². The molecule has 0 saturated carbocycles. The molecule has 6 heteroatoms. The standard InChI is InChI=1S/C56H56N2OSi3/c1-60(2)50-32-19-42(20-33-50)40-13-24-46(25-14-40)57(47-26-15-41(16-27-47)43-21-34-51(35-22-43)61(3,4)5)48-28-17-44(18-29-48)45-23-38-54-56(39-45)59-55-12-10-9-11-53(55)58(54)49-30-36-52(37-31-49)62(6,7)8/h9-39,60H,1-8H3. The Morgan fingerprint density at radius 2 is 0.790 bits per heavy atom. The number of ether oxygens (including phenoxy) is 1. The molecule has 9 rings (SSSR count). The van der Waals surface area contributed by atoms with Crippen LogP contribution >= 0.6 is 0 Å². The van der Waals surface area contributed by atoms with E-state index in [2.05, 4.69) is 244 Å². The van der Waals surface area contributed by atoms with E-state index in [0.29, 0.717) is 0 Å². The average molecular weight is 857 g/mol. The van der Waals surface area contributed by atoms with Gasteiger partial charge in [-0.25, -0.2) is 0 Å². The molecule has 62 heavy (non-hydrogen) atoms. The number of hydrogen-bond donors (Lipinski definition) is 0. The van der Waals surface area contributed by atoms with Gasteiger partial charge in [0.2, 0.25) is 0 Å². The highest BCUT2D eigenvalue weighted by molar-refractivity contribution is 6.89. The lowest BCUT2D eigenvalue weighted by atomic mass is 10.0. The lowest BCUT2D eigenvalue weighted by Gasteiger charge is -2.33. The van der Waals surface area contributed by atoms with Crippen LogP contribution in [0.1, 0.15) is 0 Å². The molecular weight excluding hydrogens is 801 g/mol. The minimum Gasteiger partial charge on any atom is -0.453 e. The Kier molecular flexibility index (Phi) is 11.0. The topological polar surface area (TPSA) is 15.7 Å². The normalized spacial score (nSPS) is 12.4. The first-order valence-electron chi connectivity index (χ1n) is 21.9. The van der Waals surface area contributed by atoms with Gasteiger partial charge in [-0.1, -0.05) is 183 Å². The maximum absolute atomic E-state index is 6.63. The number of fused-ring (bicyclic) bond motifs is 2. The smallest absolute Gasteiger partial charge is 0.152 e. The van der Waals surface area contributed by atoms with E-state index in [1.165, 1.54) is 37.8 Å². The van der Waals surface area contributed by atoms with Crippen LogP contribution in [0, 0.1) is 0 Å². The molecule has 8 aromatic rings. The van der Waals surface area contributed by atoms with E-state index >= 15 is 0 Å². The van der Waals surface area contributed by atoms with Crippen molar-refractivity contribution in [3.05, 3.63) is 188 Å². The summed E-state index contributed by atoms with van der Waals surface area (Å²) in [4.78, 5) is 4.69. The van der Waals surface area contributed by atoms with Gasteiger partial charge < -0.3 is 14.5 Å². The van der Waals surface area contributed by atoms with Gasteiger partial charge >= 0.3 is 0 Å². The molecule has 0 unspecified atom stereocenters. The molecule has 0 saturated heterocycles. The molecule has 8 aromatic carbocycles. The van der Waals surface area contributed by atoms with E-state index in [9.17, 15) is 0 Å². The third-order valence-electron chi connectivity index (χ3n) is 12.2. The van der Waals surface area contributed by atoms with E-state index in [1.807, 2.05) is 6.07 Å². The fraction of sp³-hybridized carbons (Fsp3) is 0.143. The fourth-order valence-corrected chi connectivity index (χ4v) is 11.7. The highest BCUT2D eigenvalue weighted by atomic mass is 28.3. The molecule has 0 atom stereocenters. The molecule has 1 aliphatic heterocycles. The van der Waals surface area contributed by atoms with Crippen molar-refractivity contribution in [3.8, 4) is 44.9 Å². The molecule has 1 aliphatic rings. The lowest BCUT2D eigenvalue weighted by Crippen LogP contribution is -2.37. The zero-order chi connectivity index (χ0) is 43.2. The van der Waals surface area contributed by atoms with Crippen molar-refractivity contribution >= 4 is 74.6 Å². The minimum atomic E-state index is -1.43. The van der Waals surface area contributed by atoms with Crippen LogP contribution in [-0.4, -0.2) is 24.9 Å². The van der Waals surface area contributed by atoms with Crippen LogP contribution in [0.15, 0.2) is 188 Å². The molecule has 1 heterocycles. The van der Waals surface area contributed by atoms with E-state index in [-0.39, 0.29) is 0 Å². The van der Waals surface area contributed by atoms with E-state index in [4.69, 9.17) is 4.74 Å². The number of rotatable bonds is 10. The quantitative estimate of drug-likeness (QED) is 0.127. The average Bonchev–Trinajstić information content (AvgIpc) is 3.28. The van der Waals surface area contributed by atoms with E-state index in [0.717, 1.165) is 56.8 Å². The molecule has 0 radical (unpaired) electrons. The summed E-state index contributed by atoms with van der Waals surface area (Å²) in [5, 5.41) is 4.42. The number of nitrogens with zero attached hydrogens (tertiary/aromatic N) is 2. The van der Waals surface area contributed by atoms with Crippen molar-refractivity contribution in [2.45, 2.75) is 52.4 Å². The number of para-hydroxylation sites is 2. The van der Waals surface area contributed by atoms with Crippen molar-refractivity contribution in [2.24, 2.45) is 0 Å². The van der Waals surface area contributed by atoms with Crippen molar-refractivity contribution in [1.82, 2.24) is 0 Å². The maximum Gasteiger partial charge on any atom is 0.152 e. The molecule has 0 aliphatic carbocycles. The Hall–Kier alpha value is -6.19.